The number of carbonyl (C=O) groups is 1. The number of amides is 1. The molecule has 0 aromatic carbocycles. The number of carbonyl (C=O) groups excluding carboxylic acids is 1. The summed E-state index contributed by atoms with van der Waals surface area (Å²) in [7, 11) is 0. The van der Waals surface area contributed by atoms with Crippen LogP contribution in [0.4, 0.5) is 0 Å². The minimum Gasteiger partial charge on any atom is -0.342 e. The Morgan fingerprint density at radius 2 is 2.17 bits per heavy atom. The van der Waals surface area contributed by atoms with Gasteiger partial charge < -0.3 is 10.2 Å². The third kappa shape index (κ3) is 3.39. The molecule has 0 aromatic rings. The average molecular weight is 275 g/mol. The van der Waals surface area contributed by atoms with Gasteiger partial charge >= 0.3 is 0 Å². The van der Waals surface area contributed by atoms with Crippen LogP contribution >= 0.6 is 12.4 Å². The fourth-order valence-electron chi connectivity index (χ4n) is 3.16. The maximum absolute atomic E-state index is 12.6. The van der Waals surface area contributed by atoms with Crippen molar-refractivity contribution in [3.63, 3.8) is 0 Å². The first kappa shape index (κ1) is 15.8. The molecule has 0 radical (unpaired) electrons. The second kappa shape index (κ2) is 6.76. The molecule has 0 saturated carbocycles. The highest BCUT2D eigenvalue weighted by Crippen LogP contribution is 2.29. The van der Waals surface area contributed by atoms with E-state index in [2.05, 4.69) is 24.1 Å². The zero-order valence-corrected chi connectivity index (χ0v) is 12.5. The summed E-state index contributed by atoms with van der Waals surface area (Å²) in [6.07, 6.45) is 5.95. The molecule has 0 aliphatic carbocycles. The van der Waals surface area contributed by atoms with E-state index in [-0.39, 0.29) is 17.8 Å². The lowest BCUT2D eigenvalue weighted by atomic mass is 9.88. The van der Waals surface area contributed by atoms with Gasteiger partial charge in [0, 0.05) is 19.6 Å². The van der Waals surface area contributed by atoms with Crippen molar-refractivity contribution < 1.29 is 4.79 Å². The molecule has 106 valence electrons. The number of hydrogen-bond donors (Lipinski definition) is 1. The maximum atomic E-state index is 12.6. The summed E-state index contributed by atoms with van der Waals surface area (Å²) in [4.78, 5) is 14.7. The molecule has 3 nitrogen and oxygen atoms in total. The van der Waals surface area contributed by atoms with E-state index in [1.54, 1.807) is 0 Å². The predicted octanol–water partition coefficient (Wildman–Crippen LogP) is 2.45. The van der Waals surface area contributed by atoms with Gasteiger partial charge in [0.2, 0.25) is 5.91 Å². The van der Waals surface area contributed by atoms with Gasteiger partial charge in [-0.05, 0) is 45.1 Å². The van der Waals surface area contributed by atoms with Gasteiger partial charge in [0.25, 0.3) is 0 Å². The Morgan fingerprint density at radius 1 is 1.39 bits per heavy atom. The van der Waals surface area contributed by atoms with Crippen molar-refractivity contribution in [3.8, 4) is 0 Å². The van der Waals surface area contributed by atoms with Crippen molar-refractivity contribution in [1.29, 1.82) is 0 Å². The highest BCUT2D eigenvalue weighted by Gasteiger charge is 2.39. The van der Waals surface area contributed by atoms with E-state index >= 15 is 0 Å². The molecule has 18 heavy (non-hydrogen) atoms. The van der Waals surface area contributed by atoms with Gasteiger partial charge in [-0.3, -0.25) is 4.79 Å². The molecule has 4 heteroatoms. The van der Waals surface area contributed by atoms with Crippen molar-refractivity contribution in [3.05, 3.63) is 0 Å². The molecule has 1 N–H and O–H groups in total. The fourth-order valence-corrected chi connectivity index (χ4v) is 3.16. The lowest BCUT2D eigenvalue weighted by Gasteiger charge is -2.30. The van der Waals surface area contributed by atoms with Gasteiger partial charge in [-0.1, -0.05) is 13.3 Å². The molecular weight excluding hydrogens is 248 g/mol. The van der Waals surface area contributed by atoms with Gasteiger partial charge in [0.1, 0.15) is 0 Å². The molecule has 2 fully saturated rings. The Bertz CT molecular complexity index is 277. The van der Waals surface area contributed by atoms with E-state index in [1.165, 1.54) is 25.7 Å². The van der Waals surface area contributed by atoms with E-state index in [4.69, 9.17) is 0 Å². The van der Waals surface area contributed by atoms with Crippen molar-refractivity contribution in [1.82, 2.24) is 10.2 Å². The SMILES string of the molecule is CCC1CCCN(C(=O)C2(C)CCNC2)CC1.Cl. The number of nitrogens with one attached hydrogen (secondary N) is 1. The number of hydrogen-bond acceptors (Lipinski definition) is 2. The summed E-state index contributed by atoms with van der Waals surface area (Å²) in [5.74, 6) is 1.22. The molecule has 2 atom stereocenters. The van der Waals surface area contributed by atoms with Crippen molar-refractivity contribution in [2.45, 2.75) is 46.0 Å². The Hall–Kier alpha value is -0.280. The Morgan fingerprint density at radius 3 is 2.78 bits per heavy atom. The monoisotopic (exact) mass is 274 g/mol. The minimum absolute atomic E-state index is 0. The topological polar surface area (TPSA) is 32.3 Å². The van der Waals surface area contributed by atoms with Gasteiger partial charge in [0.05, 0.1) is 5.41 Å². The summed E-state index contributed by atoms with van der Waals surface area (Å²) in [5, 5.41) is 3.32. The van der Waals surface area contributed by atoms with Crippen LogP contribution in [0.3, 0.4) is 0 Å². The van der Waals surface area contributed by atoms with Crippen LogP contribution in [-0.2, 0) is 4.79 Å². The zero-order valence-electron chi connectivity index (χ0n) is 11.7. The molecule has 2 heterocycles. The smallest absolute Gasteiger partial charge is 0.229 e. The van der Waals surface area contributed by atoms with Crippen LogP contribution in [0, 0.1) is 11.3 Å². The fraction of sp³-hybridized carbons (Fsp3) is 0.929. The van der Waals surface area contributed by atoms with E-state index < -0.39 is 0 Å². The predicted molar refractivity (Wildman–Crippen MR) is 77.1 cm³/mol. The molecule has 2 aliphatic heterocycles. The maximum Gasteiger partial charge on any atom is 0.229 e. The third-order valence-electron chi connectivity index (χ3n) is 4.60. The third-order valence-corrected chi connectivity index (χ3v) is 4.60. The van der Waals surface area contributed by atoms with Gasteiger partial charge in [-0.15, -0.1) is 12.4 Å². The molecule has 2 unspecified atom stereocenters. The summed E-state index contributed by atoms with van der Waals surface area (Å²) >= 11 is 0. The lowest BCUT2D eigenvalue weighted by Crippen LogP contribution is -2.44. The second-order valence-corrected chi connectivity index (χ2v) is 5.98. The first-order chi connectivity index (χ1) is 8.15. The number of nitrogens with zero attached hydrogens (tertiary/aromatic N) is 1. The van der Waals surface area contributed by atoms with Crippen molar-refractivity contribution in [2.75, 3.05) is 26.2 Å². The van der Waals surface area contributed by atoms with Crippen molar-refractivity contribution in [2.24, 2.45) is 11.3 Å². The summed E-state index contributed by atoms with van der Waals surface area (Å²) in [6, 6.07) is 0. The highest BCUT2D eigenvalue weighted by atomic mass is 35.5. The first-order valence-electron chi connectivity index (χ1n) is 7.16. The number of halogens is 1. The second-order valence-electron chi connectivity index (χ2n) is 5.98. The number of rotatable bonds is 2. The van der Waals surface area contributed by atoms with E-state index in [0.29, 0.717) is 5.91 Å². The van der Waals surface area contributed by atoms with Crippen LogP contribution < -0.4 is 5.32 Å². The van der Waals surface area contributed by atoms with Crippen LogP contribution in [-0.4, -0.2) is 37.0 Å². The molecule has 0 spiro atoms. The average Bonchev–Trinajstić information content (AvgIpc) is 2.66. The van der Waals surface area contributed by atoms with Gasteiger partial charge in [-0.2, -0.15) is 0 Å². The highest BCUT2D eigenvalue weighted by molar-refractivity contribution is 5.85. The van der Waals surface area contributed by atoms with E-state index in [0.717, 1.165) is 38.5 Å². The summed E-state index contributed by atoms with van der Waals surface area (Å²) in [6.45, 7) is 8.20. The van der Waals surface area contributed by atoms with Crippen LogP contribution in [0.15, 0.2) is 0 Å². The largest absolute Gasteiger partial charge is 0.342 e. The molecule has 0 bridgehead atoms. The van der Waals surface area contributed by atoms with E-state index in [1.807, 2.05) is 0 Å². The minimum atomic E-state index is -0.133. The van der Waals surface area contributed by atoms with E-state index in [9.17, 15) is 4.79 Å². The molecule has 2 saturated heterocycles. The van der Waals surface area contributed by atoms with Gasteiger partial charge in [-0.25, -0.2) is 0 Å². The quantitative estimate of drug-likeness (QED) is 0.839. The molecular formula is C14H27ClN2O. The van der Waals surface area contributed by atoms with Crippen molar-refractivity contribution >= 4 is 18.3 Å². The molecule has 1 amide bonds. The zero-order chi connectivity index (χ0) is 12.3. The van der Waals surface area contributed by atoms with Crippen LogP contribution in [0.1, 0.15) is 46.0 Å². The first-order valence-corrected chi connectivity index (χ1v) is 7.16. The Labute approximate surface area is 117 Å². The summed E-state index contributed by atoms with van der Waals surface area (Å²) in [5.41, 5.74) is -0.133. The Balaban J connectivity index is 0.00000162. The Kier molecular flexibility index (Phi) is 5.93. The molecule has 0 aromatic heterocycles. The van der Waals surface area contributed by atoms with Crippen LogP contribution in [0.25, 0.3) is 0 Å². The summed E-state index contributed by atoms with van der Waals surface area (Å²) < 4.78 is 0. The number of likely N-dealkylation sites (tertiary alicyclic amines) is 1. The lowest BCUT2D eigenvalue weighted by molar-refractivity contribution is -0.140. The van der Waals surface area contributed by atoms with Crippen LogP contribution in [0.2, 0.25) is 0 Å². The molecule has 2 rings (SSSR count). The van der Waals surface area contributed by atoms with Gasteiger partial charge in [0.15, 0.2) is 0 Å². The normalized spacial score (nSPS) is 32.8. The standard InChI is InChI=1S/C14H26N2O.ClH/c1-3-12-5-4-9-16(10-6-12)13(17)14(2)7-8-15-11-14;/h12,15H,3-11H2,1-2H3;1H. The molecule has 2 aliphatic rings. The van der Waals surface area contributed by atoms with Crippen LogP contribution in [0.5, 0.6) is 0 Å².